The predicted molar refractivity (Wildman–Crippen MR) is 93.7 cm³/mol. The van der Waals surface area contributed by atoms with Crippen LogP contribution in [0.5, 0.6) is 5.75 Å². The summed E-state index contributed by atoms with van der Waals surface area (Å²) in [6, 6.07) is 14.1. The van der Waals surface area contributed by atoms with E-state index in [1.54, 1.807) is 31.4 Å². The lowest BCUT2D eigenvalue weighted by molar-refractivity contribution is 0.0954. The van der Waals surface area contributed by atoms with E-state index in [4.69, 9.17) is 4.74 Å². The van der Waals surface area contributed by atoms with Gasteiger partial charge in [-0.1, -0.05) is 35.5 Å². The Hall–Kier alpha value is -3.29. The summed E-state index contributed by atoms with van der Waals surface area (Å²) in [5, 5.41) is 6.35. The monoisotopic (exact) mass is 373 g/mol. The van der Waals surface area contributed by atoms with Gasteiger partial charge in [0.25, 0.3) is 11.8 Å². The molecule has 0 radical (unpaired) electrons. The number of hydrogen-bond acceptors (Lipinski definition) is 5. The van der Waals surface area contributed by atoms with E-state index in [-0.39, 0.29) is 17.3 Å². The van der Waals surface area contributed by atoms with E-state index < -0.39 is 12.3 Å². The SMILES string of the molecule is COc1cccc(CCNC(=O)c2ccccc2-c2noc(C(F)F)n2)c1. The standard InChI is InChI=1S/C19H17F2N3O3/c1-26-13-6-4-5-12(11-13)9-10-22-18(25)15-8-3-2-7-14(15)17-23-19(16(20)21)27-24-17/h2-8,11,16H,9-10H2,1H3,(H,22,25). The van der Waals surface area contributed by atoms with Gasteiger partial charge in [0.2, 0.25) is 5.82 Å². The molecule has 0 aliphatic carbocycles. The number of rotatable bonds is 7. The fourth-order valence-electron chi connectivity index (χ4n) is 2.55. The van der Waals surface area contributed by atoms with Gasteiger partial charge in [0.15, 0.2) is 0 Å². The number of ether oxygens (including phenoxy) is 1. The smallest absolute Gasteiger partial charge is 0.315 e. The largest absolute Gasteiger partial charge is 0.497 e. The van der Waals surface area contributed by atoms with Crippen molar-refractivity contribution in [1.82, 2.24) is 15.5 Å². The minimum Gasteiger partial charge on any atom is -0.497 e. The highest BCUT2D eigenvalue weighted by atomic mass is 19.3. The first-order chi connectivity index (χ1) is 13.1. The van der Waals surface area contributed by atoms with Gasteiger partial charge in [-0.25, -0.2) is 0 Å². The van der Waals surface area contributed by atoms with Crippen LogP contribution >= 0.6 is 0 Å². The van der Waals surface area contributed by atoms with Crippen molar-refractivity contribution in [2.75, 3.05) is 13.7 Å². The van der Waals surface area contributed by atoms with Crippen LogP contribution in [0, 0.1) is 0 Å². The maximum Gasteiger partial charge on any atom is 0.315 e. The Morgan fingerprint density at radius 2 is 2.04 bits per heavy atom. The molecule has 8 heteroatoms. The zero-order valence-corrected chi connectivity index (χ0v) is 14.5. The van der Waals surface area contributed by atoms with Crippen LogP contribution in [0.2, 0.25) is 0 Å². The second kappa shape index (κ2) is 8.39. The molecule has 0 fully saturated rings. The van der Waals surface area contributed by atoms with E-state index in [1.165, 1.54) is 0 Å². The topological polar surface area (TPSA) is 77.2 Å². The molecule has 0 aliphatic heterocycles. The van der Waals surface area contributed by atoms with Gasteiger partial charge in [0.1, 0.15) is 5.75 Å². The van der Waals surface area contributed by atoms with E-state index in [1.807, 2.05) is 24.3 Å². The number of aromatic nitrogens is 2. The van der Waals surface area contributed by atoms with Crippen LogP contribution in [0.25, 0.3) is 11.4 Å². The summed E-state index contributed by atoms with van der Waals surface area (Å²) in [6.45, 7) is 0.398. The number of benzene rings is 2. The molecule has 1 aromatic heterocycles. The zero-order chi connectivity index (χ0) is 19.2. The lowest BCUT2D eigenvalue weighted by atomic mass is 10.1. The molecular weight excluding hydrogens is 356 g/mol. The molecule has 0 saturated carbocycles. The third-order valence-corrected chi connectivity index (χ3v) is 3.87. The Bertz CT molecular complexity index is 928. The second-order valence-corrected chi connectivity index (χ2v) is 5.66. The summed E-state index contributed by atoms with van der Waals surface area (Å²) in [5.74, 6) is -0.435. The molecule has 27 heavy (non-hydrogen) atoms. The Labute approximate surface area is 154 Å². The van der Waals surface area contributed by atoms with E-state index in [0.717, 1.165) is 11.3 Å². The van der Waals surface area contributed by atoms with Crippen LogP contribution in [-0.4, -0.2) is 29.7 Å². The summed E-state index contributed by atoms with van der Waals surface area (Å²) < 4.78 is 35.0. The molecule has 0 unspecified atom stereocenters. The van der Waals surface area contributed by atoms with E-state index in [0.29, 0.717) is 18.5 Å². The number of methoxy groups -OCH3 is 1. The Kier molecular flexibility index (Phi) is 5.75. The van der Waals surface area contributed by atoms with Gasteiger partial charge in [-0.2, -0.15) is 13.8 Å². The number of alkyl halides is 2. The summed E-state index contributed by atoms with van der Waals surface area (Å²) >= 11 is 0. The van der Waals surface area contributed by atoms with Gasteiger partial charge in [-0.3, -0.25) is 4.79 Å². The van der Waals surface area contributed by atoms with Crippen molar-refractivity contribution in [1.29, 1.82) is 0 Å². The molecule has 0 spiro atoms. The van der Waals surface area contributed by atoms with Crippen LogP contribution in [-0.2, 0) is 6.42 Å². The van der Waals surface area contributed by atoms with Crippen molar-refractivity contribution in [2.24, 2.45) is 0 Å². The van der Waals surface area contributed by atoms with Crippen LogP contribution in [0.15, 0.2) is 53.1 Å². The molecule has 2 aromatic carbocycles. The van der Waals surface area contributed by atoms with Crippen LogP contribution < -0.4 is 10.1 Å². The molecule has 1 amide bonds. The molecule has 1 N–H and O–H groups in total. The fourth-order valence-corrected chi connectivity index (χ4v) is 2.55. The van der Waals surface area contributed by atoms with Gasteiger partial charge in [-0.05, 0) is 30.2 Å². The van der Waals surface area contributed by atoms with Crippen molar-refractivity contribution in [3.8, 4) is 17.1 Å². The highest BCUT2D eigenvalue weighted by Crippen LogP contribution is 2.24. The number of nitrogens with zero attached hydrogens (tertiary/aromatic N) is 2. The van der Waals surface area contributed by atoms with E-state index >= 15 is 0 Å². The van der Waals surface area contributed by atoms with Crippen molar-refractivity contribution in [3.05, 3.63) is 65.5 Å². The van der Waals surface area contributed by atoms with E-state index in [9.17, 15) is 13.6 Å². The van der Waals surface area contributed by atoms with Gasteiger partial charge in [0.05, 0.1) is 12.7 Å². The summed E-state index contributed by atoms with van der Waals surface area (Å²) in [5.41, 5.74) is 1.62. The van der Waals surface area contributed by atoms with Gasteiger partial charge in [-0.15, -0.1) is 0 Å². The predicted octanol–water partition coefficient (Wildman–Crippen LogP) is 3.66. The van der Waals surface area contributed by atoms with Crippen molar-refractivity contribution < 1.29 is 22.8 Å². The molecule has 6 nitrogen and oxygen atoms in total. The molecule has 0 aliphatic rings. The Morgan fingerprint density at radius 1 is 1.22 bits per heavy atom. The molecular formula is C19H17F2N3O3. The number of carbonyl (C=O) groups excluding carboxylic acids is 1. The first kappa shape index (κ1) is 18.5. The van der Waals surface area contributed by atoms with E-state index in [2.05, 4.69) is 20.0 Å². The Morgan fingerprint density at radius 3 is 2.78 bits per heavy atom. The second-order valence-electron chi connectivity index (χ2n) is 5.66. The Balaban J connectivity index is 1.69. The van der Waals surface area contributed by atoms with Crippen molar-refractivity contribution in [2.45, 2.75) is 12.8 Å². The van der Waals surface area contributed by atoms with Crippen molar-refractivity contribution >= 4 is 5.91 Å². The molecule has 3 aromatic rings. The van der Waals surface area contributed by atoms with Gasteiger partial charge >= 0.3 is 6.43 Å². The van der Waals surface area contributed by atoms with Crippen LogP contribution in [0.4, 0.5) is 8.78 Å². The number of amides is 1. The summed E-state index contributed by atoms with van der Waals surface area (Å²) in [7, 11) is 1.59. The molecule has 0 atom stereocenters. The van der Waals surface area contributed by atoms with Crippen molar-refractivity contribution in [3.63, 3.8) is 0 Å². The maximum absolute atomic E-state index is 12.7. The average molecular weight is 373 g/mol. The average Bonchev–Trinajstić information content (AvgIpc) is 3.18. The minimum absolute atomic E-state index is 0.0520. The zero-order valence-electron chi connectivity index (χ0n) is 14.5. The van der Waals surface area contributed by atoms with Crippen LogP contribution in [0.1, 0.15) is 28.2 Å². The number of hydrogen-bond donors (Lipinski definition) is 1. The number of carbonyl (C=O) groups is 1. The normalized spacial score (nSPS) is 10.8. The first-order valence-corrected chi connectivity index (χ1v) is 8.20. The molecule has 140 valence electrons. The van der Waals surface area contributed by atoms with Gasteiger partial charge < -0.3 is 14.6 Å². The quantitative estimate of drug-likeness (QED) is 0.684. The minimum atomic E-state index is -2.87. The number of halogens is 2. The third-order valence-electron chi connectivity index (χ3n) is 3.87. The lowest BCUT2D eigenvalue weighted by Crippen LogP contribution is -2.26. The molecule has 0 saturated heterocycles. The molecule has 0 bridgehead atoms. The highest BCUT2D eigenvalue weighted by Gasteiger charge is 2.20. The lowest BCUT2D eigenvalue weighted by Gasteiger charge is -2.09. The first-order valence-electron chi connectivity index (χ1n) is 8.20. The molecule has 3 rings (SSSR count). The summed E-state index contributed by atoms with van der Waals surface area (Å²) in [6.07, 6.45) is -2.25. The third kappa shape index (κ3) is 4.46. The highest BCUT2D eigenvalue weighted by molar-refractivity contribution is 6.00. The fraction of sp³-hybridized carbons (Fsp3) is 0.211. The summed E-state index contributed by atoms with van der Waals surface area (Å²) in [4.78, 5) is 16.2. The van der Waals surface area contributed by atoms with Crippen LogP contribution in [0.3, 0.4) is 0 Å². The maximum atomic E-state index is 12.7. The van der Waals surface area contributed by atoms with Gasteiger partial charge in [0, 0.05) is 12.1 Å². The number of nitrogens with one attached hydrogen (secondary N) is 1. The molecule has 1 heterocycles.